The first-order valence-corrected chi connectivity index (χ1v) is 6.89. The summed E-state index contributed by atoms with van der Waals surface area (Å²) in [7, 11) is 3.90. The van der Waals surface area contributed by atoms with E-state index in [0.717, 1.165) is 6.42 Å². The molecule has 0 saturated heterocycles. The van der Waals surface area contributed by atoms with Gasteiger partial charge in [-0.3, -0.25) is 9.69 Å². The van der Waals surface area contributed by atoms with E-state index in [1.54, 1.807) is 6.92 Å². The summed E-state index contributed by atoms with van der Waals surface area (Å²) < 4.78 is 0. The minimum absolute atomic E-state index is 0.0439. The van der Waals surface area contributed by atoms with Gasteiger partial charge in [0.05, 0.1) is 6.04 Å². The van der Waals surface area contributed by atoms with Gasteiger partial charge in [-0.2, -0.15) is 0 Å². The third-order valence-corrected chi connectivity index (χ3v) is 3.58. The maximum atomic E-state index is 11.6. The van der Waals surface area contributed by atoms with E-state index in [1.165, 1.54) is 16.7 Å². The third kappa shape index (κ3) is 3.55. The highest BCUT2D eigenvalue weighted by Gasteiger charge is 2.16. The fraction of sp³-hybridized carbons (Fsp3) is 0.278. The molecule has 0 heterocycles. The molecule has 0 fully saturated rings. The summed E-state index contributed by atoms with van der Waals surface area (Å²) in [5.74, 6) is 0.210. The van der Waals surface area contributed by atoms with Crippen LogP contribution >= 0.6 is 0 Å². The summed E-state index contributed by atoms with van der Waals surface area (Å²) in [6, 6.07) is 18.7. The molecule has 2 nitrogen and oxygen atoms in total. The second-order valence-electron chi connectivity index (χ2n) is 5.36. The van der Waals surface area contributed by atoms with Crippen LogP contribution in [0.15, 0.2) is 54.6 Å². The van der Waals surface area contributed by atoms with Gasteiger partial charge in [0.1, 0.15) is 5.78 Å². The van der Waals surface area contributed by atoms with Gasteiger partial charge in [0.15, 0.2) is 0 Å². The van der Waals surface area contributed by atoms with Gasteiger partial charge >= 0.3 is 0 Å². The van der Waals surface area contributed by atoms with Crippen molar-refractivity contribution in [2.24, 2.45) is 0 Å². The molecule has 2 aromatic carbocycles. The average molecular weight is 267 g/mol. The van der Waals surface area contributed by atoms with Crippen molar-refractivity contribution in [1.29, 1.82) is 0 Å². The number of ketones is 1. The number of nitrogens with zero attached hydrogens (tertiary/aromatic N) is 1. The molecule has 104 valence electrons. The Balaban J connectivity index is 2.14. The zero-order chi connectivity index (χ0) is 14.5. The zero-order valence-electron chi connectivity index (χ0n) is 12.3. The van der Waals surface area contributed by atoms with Crippen LogP contribution in [0.25, 0.3) is 11.1 Å². The first-order valence-electron chi connectivity index (χ1n) is 6.89. The van der Waals surface area contributed by atoms with E-state index in [-0.39, 0.29) is 11.8 Å². The van der Waals surface area contributed by atoms with Gasteiger partial charge in [-0.1, -0.05) is 54.6 Å². The SMILES string of the molecule is CC(=O)C(Cc1ccc(-c2ccccc2)cc1)N(C)C. The topological polar surface area (TPSA) is 20.3 Å². The highest BCUT2D eigenvalue weighted by Crippen LogP contribution is 2.20. The van der Waals surface area contributed by atoms with Crippen molar-refractivity contribution >= 4 is 5.78 Å². The molecule has 0 saturated carbocycles. The first-order chi connectivity index (χ1) is 9.58. The number of carbonyl (C=O) groups is 1. The quantitative estimate of drug-likeness (QED) is 0.827. The Bertz CT molecular complexity index is 558. The van der Waals surface area contributed by atoms with Crippen molar-refractivity contribution in [2.45, 2.75) is 19.4 Å². The molecule has 0 radical (unpaired) electrons. The van der Waals surface area contributed by atoms with Crippen molar-refractivity contribution in [1.82, 2.24) is 4.90 Å². The lowest BCUT2D eigenvalue weighted by Crippen LogP contribution is -2.36. The van der Waals surface area contributed by atoms with Crippen LogP contribution in [0, 0.1) is 0 Å². The molecule has 0 amide bonds. The number of carbonyl (C=O) groups excluding carboxylic acids is 1. The fourth-order valence-corrected chi connectivity index (χ4v) is 2.38. The molecule has 0 N–H and O–H groups in total. The molecule has 0 aliphatic heterocycles. The molecule has 0 spiro atoms. The van der Waals surface area contributed by atoms with Gasteiger partial charge in [-0.25, -0.2) is 0 Å². The van der Waals surface area contributed by atoms with Crippen LogP contribution in [-0.2, 0) is 11.2 Å². The Morgan fingerprint density at radius 2 is 1.50 bits per heavy atom. The lowest BCUT2D eigenvalue weighted by Gasteiger charge is -2.21. The number of Topliss-reactive ketones (excluding diaryl/α,β-unsaturated/α-hetero) is 1. The van der Waals surface area contributed by atoms with Crippen LogP contribution in [0.5, 0.6) is 0 Å². The molecular weight excluding hydrogens is 246 g/mol. The van der Waals surface area contributed by atoms with E-state index < -0.39 is 0 Å². The highest BCUT2D eigenvalue weighted by atomic mass is 16.1. The summed E-state index contributed by atoms with van der Waals surface area (Å²) in [4.78, 5) is 13.6. The van der Waals surface area contributed by atoms with Gasteiger partial charge in [-0.05, 0) is 44.1 Å². The van der Waals surface area contributed by atoms with E-state index in [0.29, 0.717) is 0 Å². The Kier molecular flexibility index (Phi) is 4.70. The normalized spacial score (nSPS) is 12.4. The standard InChI is InChI=1S/C18H21NO/c1-14(20)18(19(2)3)13-15-9-11-17(12-10-15)16-7-5-4-6-8-16/h4-12,18H,13H2,1-3H3. The van der Waals surface area contributed by atoms with Crippen LogP contribution in [0.3, 0.4) is 0 Å². The molecule has 0 bridgehead atoms. The summed E-state index contributed by atoms with van der Waals surface area (Å²) in [5, 5.41) is 0. The minimum Gasteiger partial charge on any atom is -0.299 e. The highest BCUT2D eigenvalue weighted by molar-refractivity contribution is 5.81. The molecule has 1 atom stereocenters. The number of hydrogen-bond acceptors (Lipinski definition) is 2. The van der Waals surface area contributed by atoms with Crippen molar-refractivity contribution in [2.75, 3.05) is 14.1 Å². The Hall–Kier alpha value is -1.93. The average Bonchev–Trinajstić information content (AvgIpc) is 2.45. The molecule has 2 rings (SSSR count). The lowest BCUT2D eigenvalue weighted by molar-refractivity contribution is -0.121. The van der Waals surface area contributed by atoms with E-state index in [9.17, 15) is 4.79 Å². The van der Waals surface area contributed by atoms with Crippen LogP contribution in [-0.4, -0.2) is 30.8 Å². The van der Waals surface area contributed by atoms with E-state index in [4.69, 9.17) is 0 Å². The minimum atomic E-state index is -0.0439. The van der Waals surface area contributed by atoms with Crippen molar-refractivity contribution in [3.8, 4) is 11.1 Å². The molecule has 1 unspecified atom stereocenters. The predicted molar refractivity (Wildman–Crippen MR) is 83.7 cm³/mol. The number of hydrogen-bond donors (Lipinski definition) is 0. The molecule has 2 aromatic rings. The Morgan fingerprint density at radius 1 is 0.950 bits per heavy atom. The van der Waals surface area contributed by atoms with E-state index in [1.807, 2.05) is 37.2 Å². The van der Waals surface area contributed by atoms with Crippen LogP contribution in [0.4, 0.5) is 0 Å². The summed E-state index contributed by atoms with van der Waals surface area (Å²) in [6.45, 7) is 1.66. The molecular formula is C18H21NO. The molecule has 0 aliphatic carbocycles. The molecule has 0 aliphatic rings. The lowest BCUT2D eigenvalue weighted by atomic mass is 9.99. The maximum Gasteiger partial charge on any atom is 0.147 e. The fourth-order valence-electron chi connectivity index (χ4n) is 2.38. The first kappa shape index (κ1) is 14.5. The van der Waals surface area contributed by atoms with E-state index in [2.05, 4.69) is 36.4 Å². The predicted octanol–water partition coefficient (Wildman–Crippen LogP) is 3.42. The van der Waals surface area contributed by atoms with Gasteiger partial charge in [0.2, 0.25) is 0 Å². The number of rotatable bonds is 5. The van der Waals surface area contributed by atoms with Crippen molar-refractivity contribution in [3.63, 3.8) is 0 Å². The van der Waals surface area contributed by atoms with Gasteiger partial charge in [0.25, 0.3) is 0 Å². The van der Waals surface area contributed by atoms with E-state index >= 15 is 0 Å². The van der Waals surface area contributed by atoms with Gasteiger partial charge in [0, 0.05) is 0 Å². The smallest absolute Gasteiger partial charge is 0.147 e. The third-order valence-electron chi connectivity index (χ3n) is 3.58. The molecule has 0 aromatic heterocycles. The summed E-state index contributed by atoms with van der Waals surface area (Å²) in [6.07, 6.45) is 0.761. The second kappa shape index (κ2) is 6.49. The largest absolute Gasteiger partial charge is 0.299 e. The van der Waals surface area contributed by atoms with Gasteiger partial charge in [-0.15, -0.1) is 0 Å². The van der Waals surface area contributed by atoms with Crippen molar-refractivity contribution in [3.05, 3.63) is 60.2 Å². The number of likely N-dealkylation sites (N-methyl/N-ethyl adjacent to an activating group) is 1. The molecule has 2 heteroatoms. The Morgan fingerprint density at radius 3 is 2.00 bits per heavy atom. The van der Waals surface area contributed by atoms with Crippen molar-refractivity contribution < 1.29 is 4.79 Å². The summed E-state index contributed by atoms with van der Waals surface area (Å²) >= 11 is 0. The van der Waals surface area contributed by atoms with Crippen LogP contribution < -0.4 is 0 Å². The Labute approximate surface area is 121 Å². The monoisotopic (exact) mass is 267 g/mol. The zero-order valence-corrected chi connectivity index (χ0v) is 12.3. The second-order valence-corrected chi connectivity index (χ2v) is 5.36. The van der Waals surface area contributed by atoms with Crippen LogP contribution in [0.1, 0.15) is 12.5 Å². The number of benzene rings is 2. The summed E-state index contributed by atoms with van der Waals surface area (Å²) in [5.41, 5.74) is 3.62. The maximum absolute atomic E-state index is 11.6. The van der Waals surface area contributed by atoms with Gasteiger partial charge < -0.3 is 0 Å². The van der Waals surface area contributed by atoms with Crippen LogP contribution in [0.2, 0.25) is 0 Å². The molecule has 20 heavy (non-hydrogen) atoms.